The summed E-state index contributed by atoms with van der Waals surface area (Å²) in [6.45, 7) is 0. The second-order valence-electron chi connectivity index (χ2n) is 3.05. The van der Waals surface area contributed by atoms with Crippen molar-refractivity contribution < 1.29 is 9.90 Å². The van der Waals surface area contributed by atoms with Crippen molar-refractivity contribution in [1.82, 2.24) is 0 Å². The molecule has 3 N–H and O–H groups in total. The lowest BCUT2D eigenvalue weighted by atomic mass is 10.2. The first-order chi connectivity index (χ1) is 5.68. The van der Waals surface area contributed by atoms with E-state index in [4.69, 9.17) is 10.8 Å². The van der Waals surface area contributed by atoms with Crippen LogP contribution in [0, 0.1) is 0 Å². The van der Waals surface area contributed by atoms with Crippen LogP contribution >= 0.6 is 11.3 Å². The van der Waals surface area contributed by atoms with E-state index in [1.54, 1.807) is 11.4 Å². The molecule has 2 rings (SSSR count). The van der Waals surface area contributed by atoms with Gasteiger partial charge in [0.2, 0.25) is 0 Å². The summed E-state index contributed by atoms with van der Waals surface area (Å²) >= 11 is 1.49. The van der Waals surface area contributed by atoms with Crippen LogP contribution in [0.1, 0.15) is 27.6 Å². The lowest BCUT2D eigenvalue weighted by Gasteiger charge is -1.87. The average Bonchev–Trinajstić information content (AvgIpc) is 2.59. The molecule has 1 aliphatic carbocycles. The van der Waals surface area contributed by atoms with Gasteiger partial charge in [-0.25, -0.2) is 4.79 Å². The minimum absolute atomic E-state index is 0.255. The smallest absolute Gasteiger partial charge is 0.336 e. The average molecular weight is 183 g/mol. The predicted octanol–water partition coefficient (Wildman–Crippen LogP) is 1.26. The Kier molecular flexibility index (Phi) is 1.66. The highest BCUT2D eigenvalue weighted by Crippen LogP contribution is 2.41. The second kappa shape index (κ2) is 2.57. The summed E-state index contributed by atoms with van der Waals surface area (Å²) in [4.78, 5) is 11.6. The van der Waals surface area contributed by atoms with Crippen molar-refractivity contribution in [1.29, 1.82) is 0 Å². The van der Waals surface area contributed by atoms with E-state index in [2.05, 4.69) is 0 Å². The number of carbonyl (C=O) groups is 1. The van der Waals surface area contributed by atoms with E-state index >= 15 is 0 Å². The molecule has 1 aromatic rings. The van der Waals surface area contributed by atoms with Crippen LogP contribution in [0.4, 0.5) is 0 Å². The molecule has 0 aliphatic heterocycles. The van der Waals surface area contributed by atoms with Gasteiger partial charge in [0.05, 0.1) is 5.56 Å². The molecule has 1 fully saturated rings. The molecular formula is C8H9NO2S. The quantitative estimate of drug-likeness (QED) is 0.725. The minimum Gasteiger partial charge on any atom is -0.478 e. The zero-order valence-corrected chi connectivity index (χ0v) is 7.17. The zero-order valence-electron chi connectivity index (χ0n) is 6.36. The molecule has 0 amide bonds. The van der Waals surface area contributed by atoms with E-state index < -0.39 is 5.97 Å². The lowest BCUT2D eigenvalue weighted by molar-refractivity contribution is 0.0697. The van der Waals surface area contributed by atoms with Gasteiger partial charge in [-0.05, 0) is 12.5 Å². The Bertz CT molecular complexity index is 321. The van der Waals surface area contributed by atoms with Gasteiger partial charge in [0.1, 0.15) is 0 Å². The van der Waals surface area contributed by atoms with E-state index in [0.717, 1.165) is 11.3 Å². The van der Waals surface area contributed by atoms with Gasteiger partial charge in [-0.3, -0.25) is 0 Å². The Balaban J connectivity index is 2.19. The van der Waals surface area contributed by atoms with E-state index in [9.17, 15) is 4.79 Å². The normalized spacial score (nSPS) is 27.1. The number of carboxylic acids is 1. The lowest BCUT2D eigenvalue weighted by Crippen LogP contribution is -2.00. The molecule has 1 aliphatic rings. The van der Waals surface area contributed by atoms with Crippen LogP contribution in [0.25, 0.3) is 0 Å². The summed E-state index contributed by atoms with van der Waals surface area (Å²) in [7, 11) is 0. The van der Waals surface area contributed by atoms with Crippen LogP contribution in [0.2, 0.25) is 0 Å². The molecule has 0 spiro atoms. The molecular weight excluding hydrogens is 174 g/mol. The Hall–Kier alpha value is -0.870. The topological polar surface area (TPSA) is 63.3 Å². The number of aromatic carboxylic acids is 1. The van der Waals surface area contributed by atoms with E-state index in [1.807, 2.05) is 0 Å². The Labute approximate surface area is 73.8 Å². The van der Waals surface area contributed by atoms with Gasteiger partial charge in [0, 0.05) is 22.2 Å². The summed E-state index contributed by atoms with van der Waals surface area (Å²) in [5.41, 5.74) is 6.03. The largest absolute Gasteiger partial charge is 0.478 e. The first kappa shape index (κ1) is 7.76. The first-order valence-corrected chi connectivity index (χ1v) is 4.64. The highest BCUT2D eigenvalue weighted by Gasteiger charge is 2.36. The van der Waals surface area contributed by atoms with Crippen LogP contribution in [0.3, 0.4) is 0 Å². The number of nitrogens with two attached hydrogens (primary N) is 1. The molecule has 2 atom stereocenters. The van der Waals surface area contributed by atoms with Gasteiger partial charge in [-0.15, -0.1) is 11.3 Å². The first-order valence-electron chi connectivity index (χ1n) is 3.76. The monoisotopic (exact) mass is 183 g/mol. The van der Waals surface area contributed by atoms with Gasteiger partial charge < -0.3 is 10.8 Å². The number of thiophene rings is 1. The van der Waals surface area contributed by atoms with Crippen LogP contribution in [-0.4, -0.2) is 17.1 Å². The fourth-order valence-electron chi connectivity index (χ4n) is 1.20. The molecule has 3 nitrogen and oxygen atoms in total. The van der Waals surface area contributed by atoms with Crippen LogP contribution in [0.15, 0.2) is 11.4 Å². The number of carboxylic acid groups (broad SMARTS) is 1. The van der Waals surface area contributed by atoms with Crippen molar-refractivity contribution in [3.8, 4) is 0 Å². The van der Waals surface area contributed by atoms with Crippen molar-refractivity contribution in [3.05, 3.63) is 21.9 Å². The molecule has 1 saturated carbocycles. The highest BCUT2D eigenvalue weighted by molar-refractivity contribution is 7.10. The van der Waals surface area contributed by atoms with Gasteiger partial charge >= 0.3 is 5.97 Å². The Morgan fingerprint density at radius 2 is 2.42 bits per heavy atom. The van der Waals surface area contributed by atoms with Crippen LogP contribution in [0.5, 0.6) is 0 Å². The summed E-state index contributed by atoms with van der Waals surface area (Å²) < 4.78 is 0. The maximum Gasteiger partial charge on any atom is 0.336 e. The molecule has 0 radical (unpaired) electrons. The Morgan fingerprint density at radius 3 is 2.83 bits per heavy atom. The molecule has 0 aromatic carbocycles. The number of hydrogen-bond donors (Lipinski definition) is 2. The number of hydrogen-bond acceptors (Lipinski definition) is 3. The summed E-state index contributed by atoms with van der Waals surface area (Å²) in [5.74, 6) is -0.435. The highest BCUT2D eigenvalue weighted by atomic mass is 32.1. The van der Waals surface area contributed by atoms with Crippen molar-refractivity contribution in [2.24, 2.45) is 5.73 Å². The number of rotatable bonds is 2. The van der Waals surface area contributed by atoms with Crippen molar-refractivity contribution in [3.63, 3.8) is 0 Å². The SMILES string of the molecule is NC1CC1c1cc(C(=O)O)cs1. The van der Waals surface area contributed by atoms with Crippen molar-refractivity contribution in [2.45, 2.75) is 18.4 Å². The molecule has 2 unspecified atom stereocenters. The van der Waals surface area contributed by atoms with Gasteiger partial charge in [-0.2, -0.15) is 0 Å². The maximum atomic E-state index is 10.5. The molecule has 0 bridgehead atoms. The van der Waals surface area contributed by atoms with Gasteiger partial charge in [-0.1, -0.05) is 0 Å². The molecule has 0 saturated heterocycles. The third-order valence-corrected chi connectivity index (χ3v) is 3.14. The molecule has 1 aromatic heterocycles. The van der Waals surface area contributed by atoms with Gasteiger partial charge in [0.25, 0.3) is 0 Å². The zero-order chi connectivity index (χ0) is 8.72. The standard InChI is InChI=1S/C8H9NO2S/c9-6-2-5(6)7-1-4(3-12-7)8(10)11/h1,3,5-6H,2,9H2,(H,10,11). The van der Waals surface area contributed by atoms with Crippen LogP contribution < -0.4 is 5.73 Å². The van der Waals surface area contributed by atoms with Crippen molar-refractivity contribution >= 4 is 17.3 Å². The van der Waals surface area contributed by atoms with E-state index in [0.29, 0.717) is 11.5 Å². The third kappa shape index (κ3) is 1.23. The van der Waals surface area contributed by atoms with Gasteiger partial charge in [0.15, 0.2) is 0 Å². The molecule has 4 heteroatoms. The van der Waals surface area contributed by atoms with Crippen LogP contribution in [-0.2, 0) is 0 Å². The predicted molar refractivity (Wildman–Crippen MR) is 46.6 cm³/mol. The van der Waals surface area contributed by atoms with Crippen molar-refractivity contribution in [2.75, 3.05) is 0 Å². The fraction of sp³-hybridized carbons (Fsp3) is 0.375. The second-order valence-corrected chi connectivity index (χ2v) is 3.99. The minimum atomic E-state index is -0.855. The van der Waals surface area contributed by atoms with E-state index in [-0.39, 0.29) is 6.04 Å². The summed E-state index contributed by atoms with van der Waals surface area (Å²) in [5, 5.41) is 10.3. The third-order valence-electron chi connectivity index (χ3n) is 2.07. The molecule has 1 heterocycles. The van der Waals surface area contributed by atoms with E-state index in [1.165, 1.54) is 11.3 Å². The summed E-state index contributed by atoms with van der Waals surface area (Å²) in [6.07, 6.45) is 1.000. The fourth-order valence-corrected chi connectivity index (χ4v) is 2.27. The Morgan fingerprint density at radius 1 is 1.75 bits per heavy atom. The molecule has 12 heavy (non-hydrogen) atoms. The maximum absolute atomic E-state index is 10.5. The molecule has 64 valence electrons. The summed E-state index contributed by atoms with van der Waals surface area (Å²) in [6, 6.07) is 1.98.